The molecule has 6 nitrogen and oxygen atoms in total. The van der Waals surface area contributed by atoms with E-state index in [1.54, 1.807) is 0 Å². The minimum atomic E-state index is -0.350. The molecule has 0 spiro atoms. The maximum atomic E-state index is 13.2. The zero-order valence-corrected chi connectivity index (χ0v) is 19.0. The third kappa shape index (κ3) is 4.31. The second-order valence-electron chi connectivity index (χ2n) is 9.56. The number of hydrogen-bond acceptors (Lipinski definition) is 5. The number of benzene rings is 1. The highest BCUT2D eigenvalue weighted by Crippen LogP contribution is 2.41. The van der Waals surface area contributed by atoms with Crippen LogP contribution >= 0.6 is 0 Å². The number of fused-ring (bicyclic) bond motifs is 1. The molecule has 0 bridgehead atoms. The molecular weight excluding hydrogens is 410 g/mol. The van der Waals surface area contributed by atoms with Crippen molar-refractivity contribution in [3.63, 3.8) is 0 Å². The van der Waals surface area contributed by atoms with Crippen LogP contribution in [0.1, 0.15) is 46.9 Å². The van der Waals surface area contributed by atoms with Crippen LogP contribution in [0.5, 0.6) is 0 Å². The van der Waals surface area contributed by atoms with Crippen molar-refractivity contribution in [2.45, 2.75) is 38.4 Å². The fraction of sp³-hybridized carbons (Fsp3) is 0.296. The van der Waals surface area contributed by atoms with Crippen LogP contribution in [0, 0.1) is 23.5 Å². The number of quaternary nitrogens is 1. The zero-order chi connectivity index (χ0) is 23.1. The van der Waals surface area contributed by atoms with Gasteiger partial charge in [0, 0.05) is 35.4 Å². The highest BCUT2D eigenvalue weighted by Gasteiger charge is 2.43. The molecule has 166 valence electrons. The first kappa shape index (κ1) is 21.5. The summed E-state index contributed by atoms with van der Waals surface area (Å²) in [6.45, 7) is 5.65. The molecule has 6 heteroatoms. The van der Waals surface area contributed by atoms with Gasteiger partial charge in [0.2, 0.25) is 0 Å². The number of likely N-dealkylation sites (tertiary alicyclic amines) is 1. The first-order valence-electron chi connectivity index (χ1n) is 11.3. The van der Waals surface area contributed by atoms with Crippen molar-refractivity contribution < 1.29 is 4.65 Å². The molecule has 1 aliphatic carbocycles. The lowest BCUT2D eigenvalue weighted by atomic mass is 9.76. The monoisotopic (exact) mass is 437 g/mol. The Kier molecular flexibility index (Phi) is 5.34. The molecule has 2 aromatic heterocycles. The molecule has 3 heterocycles. The summed E-state index contributed by atoms with van der Waals surface area (Å²) in [4.78, 5) is 8.70. The van der Waals surface area contributed by atoms with Gasteiger partial charge in [-0.2, -0.15) is 5.26 Å². The van der Waals surface area contributed by atoms with Crippen LogP contribution in [0.15, 0.2) is 61.1 Å². The summed E-state index contributed by atoms with van der Waals surface area (Å²) in [5.74, 6) is 0. The number of hydrogen-bond donors (Lipinski definition) is 1. The number of aromatic nitrogens is 2. The second-order valence-corrected chi connectivity index (χ2v) is 9.56. The Balaban J connectivity index is 1.35. The summed E-state index contributed by atoms with van der Waals surface area (Å²) < 4.78 is -0.231. The van der Waals surface area contributed by atoms with Gasteiger partial charge in [0.05, 0.1) is 24.7 Å². The predicted molar refractivity (Wildman–Crippen MR) is 128 cm³/mol. The van der Waals surface area contributed by atoms with Crippen molar-refractivity contribution in [3.8, 4) is 6.07 Å². The zero-order valence-electron chi connectivity index (χ0n) is 19.0. The molecule has 33 heavy (non-hydrogen) atoms. The third-order valence-corrected chi connectivity index (χ3v) is 6.76. The fourth-order valence-corrected chi connectivity index (χ4v) is 5.16. The quantitative estimate of drug-likeness (QED) is 0.475. The number of nitrogens with one attached hydrogen (secondary N) is 1. The van der Waals surface area contributed by atoms with Crippen molar-refractivity contribution in [2.75, 3.05) is 13.1 Å². The van der Waals surface area contributed by atoms with Gasteiger partial charge in [0.1, 0.15) is 12.6 Å². The summed E-state index contributed by atoms with van der Waals surface area (Å²) in [5.41, 5.74) is 6.74. The van der Waals surface area contributed by atoms with E-state index in [4.69, 9.17) is 0 Å². The summed E-state index contributed by atoms with van der Waals surface area (Å²) in [7, 11) is 0. The fourth-order valence-electron chi connectivity index (χ4n) is 5.16. The smallest absolute Gasteiger partial charge is 0.108 e. The highest BCUT2D eigenvalue weighted by molar-refractivity contribution is 5.86. The van der Waals surface area contributed by atoms with Crippen LogP contribution in [0.4, 0.5) is 0 Å². The maximum Gasteiger partial charge on any atom is 0.108 e. The van der Waals surface area contributed by atoms with E-state index in [0.717, 1.165) is 34.4 Å². The van der Waals surface area contributed by atoms with E-state index in [-0.39, 0.29) is 16.2 Å². The number of nitriles is 1. The Hall–Kier alpha value is -3.37. The largest absolute Gasteiger partial charge is 0.632 e. The van der Waals surface area contributed by atoms with E-state index < -0.39 is 0 Å². The van der Waals surface area contributed by atoms with Gasteiger partial charge in [-0.05, 0) is 66.8 Å². The molecule has 5 rings (SSSR count). The average molecular weight is 438 g/mol. The topological polar surface area (TPSA) is 84.7 Å². The molecule has 1 atom stereocenters. The summed E-state index contributed by atoms with van der Waals surface area (Å²) in [5, 5.41) is 26.3. The number of rotatable bonds is 5. The van der Waals surface area contributed by atoms with Gasteiger partial charge >= 0.3 is 0 Å². The Morgan fingerprint density at radius 1 is 1.21 bits per heavy atom. The predicted octanol–water partition coefficient (Wildman–Crippen LogP) is 4.30. The van der Waals surface area contributed by atoms with Gasteiger partial charge in [-0.1, -0.05) is 24.3 Å². The van der Waals surface area contributed by atoms with E-state index in [0.29, 0.717) is 25.2 Å². The molecule has 1 aliphatic heterocycles. The van der Waals surface area contributed by atoms with Gasteiger partial charge in [-0.25, -0.2) is 0 Å². The van der Waals surface area contributed by atoms with Gasteiger partial charge in [-0.3, -0.25) is 15.3 Å². The van der Waals surface area contributed by atoms with Crippen LogP contribution in [0.25, 0.3) is 11.6 Å². The SMILES string of the molecule is Cc1ccc(C[N+]2([O-])CC(NC3(C)CC(c4cccc(C#N)c4)=Cc4ccncc43)C2)cn1. The average Bonchev–Trinajstić information content (AvgIpc) is 2.79. The number of hydroxylamine groups is 3. The minimum Gasteiger partial charge on any atom is -0.632 e. The molecular formula is C27H27N5O. The first-order chi connectivity index (χ1) is 15.9. The van der Waals surface area contributed by atoms with Crippen molar-refractivity contribution in [1.82, 2.24) is 15.3 Å². The van der Waals surface area contributed by atoms with Crippen molar-refractivity contribution in [2.24, 2.45) is 0 Å². The summed E-state index contributed by atoms with van der Waals surface area (Å²) in [6.07, 6.45) is 8.50. The van der Waals surface area contributed by atoms with Crippen LogP contribution in [-0.2, 0) is 12.1 Å². The molecule has 1 aromatic carbocycles. The number of pyridine rings is 2. The van der Waals surface area contributed by atoms with Gasteiger partial charge < -0.3 is 9.85 Å². The van der Waals surface area contributed by atoms with Crippen LogP contribution in [0.3, 0.4) is 0 Å². The molecule has 0 amide bonds. The highest BCUT2D eigenvalue weighted by atomic mass is 16.6. The van der Waals surface area contributed by atoms with E-state index in [9.17, 15) is 10.5 Å². The van der Waals surface area contributed by atoms with Crippen LogP contribution < -0.4 is 5.32 Å². The molecule has 3 aromatic rings. The third-order valence-electron chi connectivity index (χ3n) is 6.76. The molecule has 2 aliphatic rings. The van der Waals surface area contributed by atoms with E-state index in [1.165, 1.54) is 5.57 Å². The minimum absolute atomic E-state index is 0.128. The van der Waals surface area contributed by atoms with Gasteiger partial charge in [0.15, 0.2) is 0 Å². The second kappa shape index (κ2) is 8.20. The molecule has 1 saturated heterocycles. The number of aryl methyl sites for hydroxylation is 1. The van der Waals surface area contributed by atoms with E-state index >= 15 is 0 Å². The van der Waals surface area contributed by atoms with E-state index in [1.807, 2.05) is 61.9 Å². The Bertz CT molecular complexity index is 1250. The summed E-state index contributed by atoms with van der Waals surface area (Å²) >= 11 is 0. The molecule has 0 saturated carbocycles. The van der Waals surface area contributed by atoms with Crippen LogP contribution in [0.2, 0.25) is 0 Å². The first-order valence-corrected chi connectivity index (χ1v) is 11.3. The van der Waals surface area contributed by atoms with E-state index in [2.05, 4.69) is 40.4 Å². The van der Waals surface area contributed by atoms with Crippen molar-refractivity contribution in [1.29, 1.82) is 5.26 Å². The van der Waals surface area contributed by atoms with Crippen molar-refractivity contribution >= 4 is 11.6 Å². The molecule has 1 unspecified atom stereocenters. The van der Waals surface area contributed by atoms with Gasteiger partial charge in [0.25, 0.3) is 0 Å². The lowest BCUT2D eigenvalue weighted by Gasteiger charge is -2.56. The summed E-state index contributed by atoms with van der Waals surface area (Å²) in [6, 6.07) is 16.1. The maximum absolute atomic E-state index is 13.2. The van der Waals surface area contributed by atoms with Crippen molar-refractivity contribution in [3.05, 3.63) is 99.8 Å². The molecule has 1 fully saturated rings. The number of nitrogens with zero attached hydrogens (tertiary/aromatic N) is 4. The van der Waals surface area contributed by atoms with Crippen LogP contribution in [-0.4, -0.2) is 33.7 Å². The van der Waals surface area contributed by atoms with Gasteiger partial charge in [-0.15, -0.1) is 0 Å². The normalized spacial score (nSPS) is 26.0. The lowest BCUT2D eigenvalue weighted by molar-refractivity contribution is -0.934. The standard InChI is InChI=1S/C27H27N5O/c1-19-6-7-21(14-30-19)16-32(33)17-25(18-32)31-27(2)12-24(11-23-8-9-29-15-26(23)27)22-5-3-4-20(10-22)13-28/h3-11,14-15,25,31H,12,16-18H2,1-2H3. The molecule has 0 radical (unpaired) electrons. The molecule has 1 N–H and O–H groups in total. The Morgan fingerprint density at radius 2 is 2.06 bits per heavy atom. The Labute approximate surface area is 194 Å². The Morgan fingerprint density at radius 3 is 2.82 bits per heavy atom. The lowest BCUT2D eigenvalue weighted by Crippen LogP contribution is -2.69.